The molecule has 1 aliphatic carbocycles. The first-order valence-corrected chi connectivity index (χ1v) is 4.62. The average molecular weight is 177 g/mol. The van der Waals surface area contributed by atoms with E-state index in [1.807, 2.05) is 0 Å². The number of halogens is 2. The second-order valence-electron chi connectivity index (χ2n) is 3.98. The van der Waals surface area contributed by atoms with Crippen LogP contribution in [0.3, 0.4) is 0 Å². The lowest BCUT2D eigenvalue weighted by Gasteiger charge is -2.30. The van der Waals surface area contributed by atoms with Gasteiger partial charge in [-0.3, -0.25) is 0 Å². The molecule has 1 fully saturated rings. The fourth-order valence-electron chi connectivity index (χ4n) is 1.95. The molecular weight excluding hydrogens is 160 g/mol. The van der Waals surface area contributed by atoms with Crippen molar-refractivity contribution in [3.05, 3.63) is 0 Å². The van der Waals surface area contributed by atoms with Crippen LogP contribution in [0.1, 0.15) is 39.0 Å². The maximum absolute atomic E-state index is 12.6. The molecule has 1 nitrogen and oxygen atoms in total. The second-order valence-corrected chi connectivity index (χ2v) is 3.98. The molecule has 0 amide bonds. The van der Waals surface area contributed by atoms with E-state index in [2.05, 4.69) is 0 Å². The van der Waals surface area contributed by atoms with E-state index >= 15 is 0 Å². The lowest BCUT2D eigenvalue weighted by Crippen LogP contribution is -2.36. The highest BCUT2D eigenvalue weighted by Gasteiger charge is 2.31. The molecule has 0 heterocycles. The van der Waals surface area contributed by atoms with Gasteiger partial charge in [0.2, 0.25) is 5.92 Å². The van der Waals surface area contributed by atoms with Crippen molar-refractivity contribution in [1.29, 1.82) is 0 Å². The van der Waals surface area contributed by atoms with Gasteiger partial charge in [0.15, 0.2) is 0 Å². The van der Waals surface area contributed by atoms with E-state index in [4.69, 9.17) is 5.73 Å². The smallest absolute Gasteiger partial charge is 0.245 e. The predicted molar refractivity (Wildman–Crippen MR) is 45.2 cm³/mol. The summed E-state index contributed by atoms with van der Waals surface area (Å²) in [5.74, 6) is -2.50. The molecule has 2 unspecified atom stereocenters. The first-order valence-electron chi connectivity index (χ1n) is 4.62. The first-order chi connectivity index (χ1) is 5.49. The molecule has 3 heteroatoms. The van der Waals surface area contributed by atoms with Crippen LogP contribution in [0.25, 0.3) is 0 Å². The van der Waals surface area contributed by atoms with Crippen molar-refractivity contribution >= 4 is 0 Å². The number of rotatable bonds is 2. The summed E-state index contributed by atoms with van der Waals surface area (Å²) in [6.07, 6.45) is 3.93. The molecule has 0 spiro atoms. The summed E-state index contributed by atoms with van der Waals surface area (Å²) < 4.78 is 25.2. The van der Waals surface area contributed by atoms with Crippen LogP contribution >= 0.6 is 0 Å². The summed E-state index contributed by atoms with van der Waals surface area (Å²) in [7, 11) is 0. The van der Waals surface area contributed by atoms with Crippen LogP contribution in [0.15, 0.2) is 0 Å². The van der Waals surface area contributed by atoms with Crippen molar-refractivity contribution in [2.24, 2.45) is 11.7 Å². The number of hydrogen-bond acceptors (Lipinski definition) is 1. The highest BCUT2D eigenvalue weighted by atomic mass is 19.3. The Kier molecular flexibility index (Phi) is 3.04. The Morgan fingerprint density at radius 3 is 2.42 bits per heavy atom. The third-order valence-corrected chi connectivity index (χ3v) is 2.59. The molecule has 1 saturated carbocycles. The molecule has 0 radical (unpaired) electrons. The number of nitrogens with two attached hydrogens (primary N) is 1. The minimum absolute atomic E-state index is 0.00424. The van der Waals surface area contributed by atoms with Crippen LogP contribution in [0.5, 0.6) is 0 Å². The van der Waals surface area contributed by atoms with Gasteiger partial charge < -0.3 is 5.73 Å². The molecule has 12 heavy (non-hydrogen) atoms. The van der Waals surface area contributed by atoms with Crippen molar-refractivity contribution in [2.45, 2.75) is 51.0 Å². The van der Waals surface area contributed by atoms with E-state index in [1.165, 1.54) is 0 Å². The number of alkyl halides is 2. The van der Waals surface area contributed by atoms with Gasteiger partial charge in [0.05, 0.1) is 0 Å². The van der Waals surface area contributed by atoms with Crippen LogP contribution in [0.2, 0.25) is 0 Å². The molecule has 72 valence electrons. The van der Waals surface area contributed by atoms with Crippen molar-refractivity contribution in [3.8, 4) is 0 Å². The van der Waals surface area contributed by atoms with Crippen LogP contribution in [-0.4, -0.2) is 12.0 Å². The van der Waals surface area contributed by atoms with Gasteiger partial charge in [0.25, 0.3) is 0 Å². The molecule has 0 saturated heterocycles. The molecule has 2 N–H and O–H groups in total. The van der Waals surface area contributed by atoms with Crippen molar-refractivity contribution in [3.63, 3.8) is 0 Å². The largest absolute Gasteiger partial charge is 0.327 e. The summed E-state index contributed by atoms with van der Waals surface area (Å²) in [6.45, 7) is 0.980. The standard InChI is InChI=1S/C9H17F2N/c1-9(10,11)6-7-4-2-3-5-8(7)12/h7-8H,2-6,12H2,1H3. The van der Waals surface area contributed by atoms with Crippen molar-refractivity contribution in [1.82, 2.24) is 0 Å². The highest BCUT2D eigenvalue weighted by Crippen LogP contribution is 2.32. The summed E-state index contributed by atoms with van der Waals surface area (Å²) in [5.41, 5.74) is 5.75. The van der Waals surface area contributed by atoms with Gasteiger partial charge in [0, 0.05) is 12.5 Å². The molecule has 0 bridgehead atoms. The second kappa shape index (κ2) is 3.69. The Bertz CT molecular complexity index is 142. The van der Waals surface area contributed by atoms with E-state index in [9.17, 15) is 8.78 Å². The SMILES string of the molecule is CC(F)(F)CC1CCCCC1N. The minimum Gasteiger partial charge on any atom is -0.327 e. The fourth-order valence-corrected chi connectivity index (χ4v) is 1.95. The monoisotopic (exact) mass is 177 g/mol. The molecule has 0 aromatic rings. The molecule has 0 aliphatic heterocycles. The third-order valence-electron chi connectivity index (χ3n) is 2.59. The van der Waals surface area contributed by atoms with Crippen LogP contribution in [0, 0.1) is 5.92 Å². The summed E-state index contributed by atoms with van der Waals surface area (Å²) in [6, 6.07) is 0.00424. The quantitative estimate of drug-likeness (QED) is 0.689. The zero-order valence-electron chi connectivity index (χ0n) is 7.52. The third kappa shape index (κ3) is 3.05. The molecular formula is C9H17F2N. The predicted octanol–water partition coefficient (Wildman–Crippen LogP) is 2.55. The van der Waals surface area contributed by atoms with Crippen LogP contribution in [-0.2, 0) is 0 Å². The van der Waals surface area contributed by atoms with E-state index in [-0.39, 0.29) is 18.4 Å². The first kappa shape index (κ1) is 9.90. The zero-order chi connectivity index (χ0) is 9.19. The topological polar surface area (TPSA) is 26.0 Å². The average Bonchev–Trinajstić information content (AvgIpc) is 1.91. The van der Waals surface area contributed by atoms with E-state index in [0.29, 0.717) is 0 Å². The summed E-state index contributed by atoms with van der Waals surface area (Å²) in [4.78, 5) is 0. The molecule has 2 atom stereocenters. The van der Waals surface area contributed by atoms with Gasteiger partial charge in [-0.1, -0.05) is 12.8 Å². The molecule has 1 rings (SSSR count). The molecule has 0 aromatic carbocycles. The number of hydrogen-bond donors (Lipinski definition) is 1. The van der Waals surface area contributed by atoms with E-state index in [1.54, 1.807) is 0 Å². The fraction of sp³-hybridized carbons (Fsp3) is 1.00. The lowest BCUT2D eigenvalue weighted by atomic mass is 9.82. The van der Waals surface area contributed by atoms with E-state index in [0.717, 1.165) is 32.6 Å². The molecule has 1 aliphatic rings. The summed E-state index contributed by atoms with van der Waals surface area (Å²) in [5, 5.41) is 0. The van der Waals surface area contributed by atoms with Crippen molar-refractivity contribution < 1.29 is 8.78 Å². The van der Waals surface area contributed by atoms with Gasteiger partial charge in [-0.05, 0) is 25.7 Å². The Labute approximate surface area is 72.3 Å². The summed E-state index contributed by atoms with van der Waals surface area (Å²) >= 11 is 0. The van der Waals surface area contributed by atoms with E-state index < -0.39 is 5.92 Å². The lowest BCUT2D eigenvalue weighted by molar-refractivity contribution is -0.0117. The van der Waals surface area contributed by atoms with Crippen molar-refractivity contribution in [2.75, 3.05) is 0 Å². The Balaban J connectivity index is 2.39. The Morgan fingerprint density at radius 1 is 1.33 bits per heavy atom. The van der Waals surface area contributed by atoms with Gasteiger partial charge in [-0.2, -0.15) is 0 Å². The van der Waals surface area contributed by atoms with Gasteiger partial charge >= 0.3 is 0 Å². The zero-order valence-corrected chi connectivity index (χ0v) is 7.52. The molecule has 0 aromatic heterocycles. The van der Waals surface area contributed by atoms with Gasteiger partial charge in [-0.25, -0.2) is 8.78 Å². The normalized spacial score (nSPS) is 32.0. The van der Waals surface area contributed by atoms with Crippen LogP contribution < -0.4 is 5.73 Å². The van der Waals surface area contributed by atoms with Crippen LogP contribution in [0.4, 0.5) is 8.78 Å². The maximum atomic E-state index is 12.6. The Hall–Kier alpha value is -0.180. The highest BCUT2D eigenvalue weighted by molar-refractivity contribution is 4.81. The maximum Gasteiger partial charge on any atom is 0.245 e. The van der Waals surface area contributed by atoms with Gasteiger partial charge in [-0.15, -0.1) is 0 Å². The minimum atomic E-state index is -2.54. The van der Waals surface area contributed by atoms with Gasteiger partial charge in [0.1, 0.15) is 0 Å². The Morgan fingerprint density at radius 2 is 1.92 bits per heavy atom.